The van der Waals surface area contributed by atoms with Crippen LogP contribution in [0.1, 0.15) is 15.4 Å². The van der Waals surface area contributed by atoms with E-state index in [0.29, 0.717) is 21.5 Å². The Morgan fingerprint density at radius 1 is 1.14 bits per heavy atom. The molecule has 0 aliphatic heterocycles. The molecule has 0 aliphatic carbocycles. The zero-order chi connectivity index (χ0) is 19.5. The first kappa shape index (κ1) is 18.2. The van der Waals surface area contributed by atoms with Crippen molar-refractivity contribution >= 4 is 33.7 Å². The molecule has 0 fully saturated rings. The smallest absolute Gasteiger partial charge is 0.276 e. The van der Waals surface area contributed by atoms with Gasteiger partial charge in [0.15, 0.2) is 5.13 Å². The molecule has 7 nitrogen and oxygen atoms in total. The van der Waals surface area contributed by atoms with E-state index in [1.807, 2.05) is 31.2 Å². The Hall–Kier alpha value is -3.17. The molecule has 4 aromatic rings. The van der Waals surface area contributed by atoms with E-state index in [0.717, 1.165) is 21.9 Å². The highest BCUT2D eigenvalue weighted by Crippen LogP contribution is 2.31. The fourth-order valence-electron chi connectivity index (χ4n) is 2.53. The van der Waals surface area contributed by atoms with Crippen LogP contribution >= 0.6 is 22.7 Å². The van der Waals surface area contributed by atoms with Gasteiger partial charge in [0.2, 0.25) is 0 Å². The van der Waals surface area contributed by atoms with Crippen molar-refractivity contribution in [3.05, 3.63) is 58.8 Å². The van der Waals surface area contributed by atoms with Crippen LogP contribution in [-0.2, 0) is 0 Å². The number of benzene rings is 1. The van der Waals surface area contributed by atoms with E-state index in [9.17, 15) is 4.79 Å². The molecule has 140 valence electrons. The predicted octanol–water partition coefficient (Wildman–Crippen LogP) is 4.29. The minimum absolute atomic E-state index is 0.304. The van der Waals surface area contributed by atoms with Crippen LogP contribution in [0.5, 0.6) is 5.75 Å². The zero-order valence-electron chi connectivity index (χ0n) is 15.0. The Bertz CT molecular complexity index is 1110. The SMILES string of the molecule is COc1ccc(-c2nc(NC(=O)c3csc(-c4cnccn4)n3)sc2C)cc1. The number of thiazole rings is 2. The third-order valence-corrected chi connectivity index (χ3v) is 5.65. The number of hydrogen-bond donors (Lipinski definition) is 1. The number of hydrogen-bond acceptors (Lipinski definition) is 8. The lowest BCUT2D eigenvalue weighted by atomic mass is 10.1. The Kier molecular flexibility index (Phi) is 5.09. The maximum Gasteiger partial charge on any atom is 0.276 e. The van der Waals surface area contributed by atoms with Crippen molar-refractivity contribution in [3.8, 4) is 27.7 Å². The molecule has 9 heteroatoms. The lowest BCUT2D eigenvalue weighted by molar-refractivity contribution is 0.102. The van der Waals surface area contributed by atoms with Gasteiger partial charge in [-0.15, -0.1) is 22.7 Å². The normalized spacial score (nSPS) is 10.6. The van der Waals surface area contributed by atoms with Gasteiger partial charge in [-0.25, -0.2) is 9.97 Å². The number of aryl methyl sites for hydroxylation is 1. The van der Waals surface area contributed by atoms with Crippen LogP contribution in [0.3, 0.4) is 0 Å². The lowest BCUT2D eigenvalue weighted by Crippen LogP contribution is -2.12. The van der Waals surface area contributed by atoms with Crippen LogP contribution < -0.4 is 10.1 Å². The first-order valence-electron chi connectivity index (χ1n) is 8.29. The van der Waals surface area contributed by atoms with Gasteiger partial charge >= 0.3 is 0 Å². The van der Waals surface area contributed by atoms with E-state index < -0.39 is 0 Å². The third kappa shape index (κ3) is 3.75. The first-order valence-corrected chi connectivity index (χ1v) is 9.99. The van der Waals surface area contributed by atoms with E-state index >= 15 is 0 Å². The highest BCUT2D eigenvalue weighted by molar-refractivity contribution is 7.16. The Balaban J connectivity index is 1.51. The highest BCUT2D eigenvalue weighted by Gasteiger charge is 2.16. The van der Waals surface area contributed by atoms with Crippen LogP contribution in [0.4, 0.5) is 5.13 Å². The van der Waals surface area contributed by atoms with Gasteiger partial charge < -0.3 is 4.74 Å². The molecule has 0 radical (unpaired) electrons. The standard InChI is InChI=1S/C19H15N5O2S2/c1-11-16(12-3-5-13(26-2)6-4-12)23-19(28-11)24-17(25)15-10-27-18(22-15)14-9-20-7-8-21-14/h3-10H,1-2H3,(H,23,24,25). The minimum atomic E-state index is -0.304. The van der Waals surface area contributed by atoms with Crippen LogP contribution in [-0.4, -0.2) is 33.0 Å². The summed E-state index contributed by atoms with van der Waals surface area (Å²) in [5.41, 5.74) is 2.76. The maximum absolute atomic E-state index is 12.5. The number of carbonyl (C=O) groups excluding carboxylic acids is 1. The van der Waals surface area contributed by atoms with Gasteiger partial charge in [0.05, 0.1) is 19.0 Å². The molecule has 0 aliphatic rings. The van der Waals surface area contributed by atoms with Crippen LogP contribution in [0.2, 0.25) is 0 Å². The summed E-state index contributed by atoms with van der Waals surface area (Å²) in [5, 5.41) is 5.70. The van der Waals surface area contributed by atoms with Crippen molar-refractivity contribution in [2.75, 3.05) is 12.4 Å². The Labute approximate surface area is 169 Å². The number of methoxy groups -OCH3 is 1. The van der Waals surface area contributed by atoms with Crippen molar-refractivity contribution in [1.29, 1.82) is 0 Å². The average molecular weight is 409 g/mol. The highest BCUT2D eigenvalue weighted by atomic mass is 32.1. The summed E-state index contributed by atoms with van der Waals surface area (Å²) in [6.45, 7) is 1.97. The van der Waals surface area contributed by atoms with Crippen molar-refractivity contribution < 1.29 is 9.53 Å². The second-order valence-corrected chi connectivity index (χ2v) is 7.80. The summed E-state index contributed by atoms with van der Waals surface area (Å²) in [6, 6.07) is 7.66. The summed E-state index contributed by atoms with van der Waals surface area (Å²) in [4.78, 5) is 30.7. The summed E-state index contributed by atoms with van der Waals surface area (Å²) in [6.07, 6.45) is 4.80. The number of amides is 1. The number of nitrogens with one attached hydrogen (secondary N) is 1. The van der Waals surface area contributed by atoms with Gasteiger partial charge in [-0.2, -0.15) is 0 Å². The minimum Gasteiger partial charge on any atom is -0.497 e. The molecular weight excluding hydrogens is 394 g/mol. The summed E-state index contributed by atoms with van der Waals surface area (Å²) in [5.74, 6) is 0.481. The number of carbonyl (C=O) groups is 1. The second kappa shape index (κ2) is 7.83. The molecule has 0 unspecified atom stereocenters. The molecule has 4 rings (SSSR count). The van der Waals surface area contributed by atoms with E-state index in [1.165, 1.54) is 22.7 Å². The topological polar surface area (TPSA) is 89.9 Å². The molecule has 0 spiro atoms. The third-order valence-electron chi connectivity index (χ3n) is 3.90. The van der Waals surface area contributed by atoms with E-state index in [2.05, 4.69) is 25.3 Å². The zero-order valence-corrected chi connectivity index (χ0v) is 16.7. The Morgan fingerprint density at radius 2 is 1.96 bits per heavy atom. The molecule has 0 bridgehead atoms. The molecule has 1 N–H and O–H groups in total. The van der Waals surface area contributed by atoms with E-state index in [4.69, 9.17) is 4.74 Å². The molecule has 0 saturated carbocycles. The van der Waals surface area contributed by atoms with Gasteiger partial charge in [-0.05, 0) is 31.2 Å². The van der Waals surface area contributed by atoms with Gasteiger partial charge in [0, 0.05) is 28.2 Å². The van der Waals surface area contributed by atoms with Crippen molar-refractivity contribution in [1.82, 2.24) is 19.9 Å². The van der Waals surface area contributed by atoms with Gasteiger partial charge in [0.25, 0.3) is 5.91 Å². The van der Waals surface area contributed by atoms with Crippen molar-refractivity contribution in [2.45, 2.75) is 6.92 Å². The quantitative estimate of drug-likeness (QED) is 0.529. The number of anilines is 1. The maximum atomic E-state index is 12.5. The number of rotatable bonds is 5. The van der Waals surface area contributed by atoms with Gasteiger partial charge in [0.1, 0.15) is 22.1 Å². The molecule has 0 saturated heterocycles. The first-order chi connectivity index (χ1) is 13.6. The van der Waals surface area contributed by atoms with Gasteiger partial charge in [-0.1, -0.05) is 0 Å². The number of ether oxygens (including phenoxy) is 1. The predicted molar refractivity (Wildman–Crippen MR) is 110 cm³/mol. The van der Waals surface area contributed by atoms with Crippen LogP contribution in [0, 0.1) is 6.92 Å². The van der Waals surface area contributed by atoms with Crippen molar-refractivity contribution in [2.24, 2.45) is 0 Å². The monoisotopic (exact) mass is 409 g/mol. The number of aromatic nitrogens is 4. The molecule has 0 atom stereocenters. The largest absolute Gasteiger partial charge is 0.497 e. The Morgan fingerprint density at radius 3 is 2.68 bits per heavy atom. The van der Waals surface area contributed by atoms with E-state index in [1.54, 1.807) is 31.1 Å². The van der Waals surface area contributed by atoms with Crippen molar-refractivity contribution in [3.63, 3.8) is 0 Å². The summed E-state index contributed by atoms with van der Waals surface area (Å²) < 4.78 is 5.19. The molecular formula is C19H15N5O2S2. The molecule has 1 amide bonds. The average Bonchev–Trinajstić information content (AvgIpc) is 3.36. The molecule has 1 aromatic carbocycles. The molecule has 3 aromatic heterocycles. The second-order valence-electron chi connectivity index (χ2n) is 5.73. The van der Waals surface area contributed by atoms with Crippen LogP contribution in [0.25, 0.3) is 22.0 Å². The lowest BCUT2D eigenvalue weighted by Gasteiger charge is -2.01. The summed E-state index contributed by atoms with van der Waals surface area (Å²) in [7, 11) is 1.63. The van der Waals surface area contributed by atoms with E-state index in [-0.39, 0.29) is 5.91 Å². The fourth-order valence-corrected chi connectivity index (χ4v) is 4.12. The summed E-state index contributed by atoms with van der Waals surface area (Å²) >= 11 is 2.77. The molecule has 28 heavy (non-hydrogen) atoms. The fraction of sp³-hybridized carbons (Fsp3) is 0.105. The van der Waals surface area contributed by atoms with Gasteiger partial charge in [-0.3, -0.25) is 20.1 Å². The molecule has 3 heterocycles. The number of nitrogens with zero attached hydrogens (tertiary/aromatic N) is 4. The van der Waals surface area contributed by atoms with Crippen LogP contribution in [0.15, 0.2) is 48.2 Å².